The zero-order valence-corrected chi connectivity index (χ0v) is 20.0. The van der Waals surface area contributed by atoms with Gasteiger partial charge in [0.25, 0.3) is 5.91 Å². The van der Waals surface area contributed by atoms with Gasteiger partial charge in [0.15, 0.2) is 0 Å². The summed E-state index contributed by atoms with van der Waals surface area (Å²) < 4.78 is 0. The summed E-state index contributed by atoms with van der Waals surface area (Å²) in [5.74, 6) is 0.418. The first-order chi connectivity index (χ1) is 17.7. The van der Waals surface area contributed by atoms with Crippen molar-refractivity contribution in [3.63, 3.8) is 0 Å². The van der Waals surface area contributed by atoms with Crippen molar-refractivity contribution < 1.29 is 9.90 Å². The molecule has 4 aromatic rings. The molecule has 1 fully saturated rings. The van der Waals surface area contributed by atoms with E-state index >= 15 is 0 Å². The second-order valence-electron chi connectivity index (χ2n) is 9.21. The molecule has 1 saturated heterocycles. The molecule has 36 heavy (non-hydrogen) atoms. The van der Waals surface area contributed by atoms with Crippen molar-refractivity contribution in [3.05, 3.63) is 120 Å². The Morgan fingerprint density at radius 2 is 1.67 bits per heavy atom. The van der Waals surface area contributed by atoms with Crippen molar-refractivity contribution >= 4 is 5.91 Å². The number of aliphatic hydroxyl groups is 1. The number of benzene rings is 3. The van der Waals surface area contributed by atoms with E-state index in [2.05, 4.69) is 20.6 Å². The van der Waals surface area contributed by atoms with Crippen LogP contribution >= 0.6 is 0 Å². The number of nitrogens with one attached hydrogen (secondary N) is 2. The van der Waals surface area contributed by atoms with Crippen LogP contribution in [0.25, 0.3) is 11.3 Å². The Morgan fingerprint density at radius 1 is 0.944 bits per heavy atom. The van der Waals surface area contributed by atoms with Crippen molar-refractivity contribution in [2.24, 2.45) is 0 Å². The minimum Gasteiger partial charge on any atom is -0.387 e. The van der Waals surface area contributed by atoms with E-state index in [0.717, 1.165) is 41.6 Å². The molecule has 0 bridgehead atoms. The minimum atomic E-state index is -0.500. The molecule has 1 amide bonds. The lowest BCUT2D eigenvalue weighted by Crippen LogP contribution is -2.35. The molecule has 3 aromatic carbocycles. The molecule has 0 spiro atoms. The van der Waals surface area contributed by atoms with Gasteiger partial charge in [0, 0.05) is 29.4 Å². The van der Waals surface area contributed by atoms with E-state index in [9.17, 15) is 9.90 Å². The van der Waals surface area contributed by atoms with Gasteiger partial charge in [-0.25, -0.2) is 9.97 Å². The van der Waals surface area contributed by atoms with E-state index in [1.165, 1.54) is 0 Å². The number of aliphatic hydroxyl groups excluding tert-OH is 1. The Kier molecular flexibility index (Phi) is 7.45. The van der Waals surface area contributed by atoms with Gasteiger partial charge < -0.3 is 15.7 Å². The Labute approximate surface area is 211 Å². The van der Waals surface area contributed by atoms with Crippen LogP contribution < -0.4 is 10.6 Å². The fourth-order valence-electron chi connectivity index (χ4n) is 4.73. The number of hydrogen-bond donors (Lipinski definition) is 3. The molecule has 6 heteroatoms. The quantitative estimate of drug-likeness (QED) is 0.348. The summed E-state index contributed by atoms with van der Waals surface area (Å²) in [4.78, 5) is 21.5. The Morgan fingerprint density at radius 3 is 2.42 bits per heavy atom. The molecular formula is C30H30N4O2. The lowest BCUT2D eigenvalue weighted by molar-refractivity contribution is 0.0950. The monoisotopic (exact) mass is 478 g/mol. The number of rotatable bonds is 8. The number of carbonyl (C=O) groups excluding carboxylic acids is 1. The van der Waals surface area contributed by atoms with Crippen LogP contribution in [0.1, 0.15) is 46.3 Å². The van der Waals surface area contributed by atoms with Gasteiger partial charge in [0.05, 0.1) is 18.3 Å². The van der Waals surface area contributed by atoms with Crippen molar-refractivity contribution in [1.82, 2.24) is 20.6 Å². The van der Waals surface area contributed by atoms with Crippen LogP contribution in [0.4, 0.5) is 0 Å². The first-order valence-electron chi connectivity index (χ1n) is 12.4. The Hall–Kier alpha value is -3.87. The third-order valence-electron chi connectivity index (χ3n) is 6.68. The molecule has 0 unspecified atom stereocenters. The highest BCUT2D eigenvalue weighted by Gasteiger charge is 2.29. The fraction of sp³-hybridized carbons (Fsp3) is 0.233. The largest absolute Gasteiger partial charge is 0.387 e. The standard InChI is InChI=1S/C30H30N4O2/c35-29(23-9-5-2-6-10-23)27-16-15-25(33-27)19-21-11-13-24(14-12-21)30(36)32-20-28-31-18-17-26(34-28)22-7-3-1-4-8-22/h1-14,17-18,25,27,29,33,35H,15-16,19-20H2,(H,32,36)/t25-,27+,29+/m0/s1. The smallest absolute Gasteiger partial charge is 0.251 e. The maximum absolute atomic E-state index is 12.7. The third-order valence-corrected chi connectivity index (χ3v) is 6.68. The zero-order valence-electron chi connectivity index (χ0n) is 20.0. The summed E-state index contributed by atoms with van der Waals surface area (Å²) in [7, 11) is 0. The minimum absolute atomic E-state index is 0.0602. The normalized spacial score (nSPS) is 18.0. The van der Waals surface area contributed by atoms with Crippen LogP contribution in [0.5, 0.6) is 0 Å². The summed E-state index contributed by atoms with van der Waals surface area (Å²) in [6.45, 7) is 0.262. The average molecular weight is 479 g/mol. The summed E-state index contributed by atoms with van der Waals surface area (Å²) in [5, 5.41) is 17.2. The molecule has 1 aliphatic rings. The van der Waals surface area contributed by atoms with E-state index < -0.39 is 6.10 Å². The highest BCUT2D eigenvalue weighted by Crippen LogP contribution is 2.26. The van der Waals surface area contributed by atoms with E-state index in [1.807, 2.05) is 91.0 Å². The number of nitrogens with zero attached hydrogens (tertiary/aromatic N) is 2. The van der Waals surface area contributed by atoms with E-state index in [0.29, 0.717) is 17.4 Å². The van der Waals surface area contributed by atoms with Crippen LogP contribution in [0.3, 0.4) is 0 Å². The van der Waals surface area contributed by atoms with Gasteiger partial charge in [0.2, 0.25) is 0 Å². The van der Waals surface area contributed by atoms with Crippen molar-refractivity contribution in [2.45, 2.75) is 44.0 Å². The van der Waals surface area contributed by atoms with E-state index in [1.54, 1.807) is 6.20 Å². The fourth-order valence-corrected chi connectivity index (χ4v) is 4.73. The molecule has 182 valence electrons. The predicted octanol–water partition coefficient (Wildman–Crippen LogP) is 4.47. The van der Waals surface area contributed by atoms with Crippen molar-refractivity contribution in [3.8, 4) is 11.3 Å². The van der Waals surface area contributed by atoms with E-state index in [4.69, 9.17) is 0 Å². The van der Waals surface area contributed by atoms with Crippen molar-refractivity contribution in [1.29, 1.82) is 0 Å². The third kappa shape index (κ3) is 5.85. The summed E-state index contributed by atoms with van der Waals surface area (Å²) in [5.41, 5.74) is 4.56. The van der Waals surface area contributed by atoms with Gasteiger partial charge in [-0.2, -0.15) is 0 Å². The lowest BCUT2D eigenvalue weighted by atomic mass is 10.0. The van der Waals surface area contributed by atoms with E-state index in [-0.39, 0.29) is 18.5 Å². The second kappa shape index (κ2) is 11.2. The van der Waals surface area contributed by atoms with Crippen LogP contribution in [-0.2, 0) is 13.0 Å². The predicted molar refractivity (Wildman–Crippen MR) is 140 cm³/mol. The average Bonchev–Trinajstić information content (AvgIpc) is 3.41. The highest BCUT2D eigenvalue weighted by molar-refractivity contribution is 5.94. The lowest BCUT2D eigenvalue weighted by Gasteiger charge is -2.20. The van der Waals surface area contributed by atoms with Gasteiger partial charge in [-0.05, 0) is 48.6 Å². The number of hydrogen-bond acceptors (Lipinski definition) is 5. The SMILES string of the molecule is O=C(NCc1nccc(-c2ccccc2)n1)c1ccc(C[C@@H]2CC[C@H]([C@H](O)c3ccccc3)N2)cc1. The molecule has 0 saturated carbocycles. The maximum atomic E-state index is 12.7. The van der Waals surface area contributed by atoms with Crippen LogP contribution in [-0.4, -0.2) is 33.1 Å². The van der Waals surface area contributed by atoms with Crippen LogP contribution in [0.2, 0.25) is 0 Å². The number of amides is 1. The van der Waals surface area contributed by atoms with Gasteiger partial charge >= 0.3 is 0 Å². The number of aromatic nitrogens is 2. The second-order valence-corrected chi connectivity index (χ2v) is 9.21. The topological polar surface area (TPSA) is 87.1 Å². The first kappa shape index (κ1) is 23.9. The molecule has 0 radical (unpaired) electrons. The van der Waals surface area contributed by atoms with Gasteiger partial charge in [-0.15, -0.1) is 0 Å². The molecule has 5 rings (SSSR count). The zero-order chi connectivity index (χ0) is 24.7. The first-order valence-corrected chi connectivity index (χ1v) is 12.4. The van der Waals surface area contributed by atoms with Crippen LogP contribution in [0.15, 0.2) is 97.2 Å². The molecule has 3 atom stereocenters. The Balaban J connectivity index is 1.13. The molecule has 1 aliphatic heterocycles. The molecule has 6 nitrogen and oxygen atoms in total. The summed E-state index contributed by atoms with van der Waals surface area (Å²) in [6, 6.07) is 29.7. The maximum Gasteiger partial charge on any atom is 0.251 e. The van der Waals surface area contributed by atoms with Gasteiger partial charge in [-0.1, -0.05) is 72.8 Å². The van der Waals surface area contributed by atoms with Gasteiger partial charge in [-0.3, -0.25) is 4.79 Å². The Bertz CT molecular complexity index is 1280. The molecule has 0 aliphatic carbocycles. The molecule has 1 aromatic heterocycles. The highest BCUT2D eigenvalue weighted by atomic mass is 16.3. The molecule has 3 N–H and O–H groups in total. The summed E-state index contributed by atoms with van der Waals surface area (Å²) in [6.07, 6.45) is 4.03. The van der Waals surface area contributed by atoms with Crippen LogP contribution in [0, 0.1) is 0 Å². The molecular weight excluding hydrogens is 448 g/mol. The van der Waals surface area contributed by atoms with Crippen molar-refractivity contribution in [2.75, 3.05) is 0 Å². The molecule has 2 heterocycles. The summed E-state index contributed by atoms with van der Waals surface area (Å²) >= 11 is 0. The van der Waals surface area contributed by atoms with Gasteiger partial charge in [0.1, 0.15) is 5.82 Å². The number of carbonyl (C=O) groups is 1.